The average Bonchev–Trinajstić information content (AvgIpc) is 2.88. The second-order valence-electron chi connectivity index (χ2n) is 5.03. The van der Waals surface area contributed by atoms with Crippen LogP contribution in [0.1, 0.15) is 17.0 Å². The van der Waals surface area contributed by atoms with Crippen molar-refractivity contribution in [1.29, 1.82) is 0 Å². The van der Waals surface area contributed by atoms with Crippen molar-refractivity contribution in [1.82, 2.24) is 0 Å². The highest BCUT2D eigenvalue weighted by molar-refractivity contribution is 5.97. The van der Waals surface area contributed by atoms with Crippen LogP contribution in [0.2, 0.25) is 0 Å². The van der Waals surface area contributed by atoms with Crippen LogP contribution in [0.25, 0.3) is 11.1 Å². The maximum absolute atomic E-state index is 11.6. The van der Waals surface area contributed by atoms with E-state index >= 15 is 0 Å². The van der Waals surface area contributed by atoms with Gasteiger partial charge in [-0.25, -0.2) is 0 Å². The number of rotatable bonds is 4. The summed E-state index contributed by atoms with van der Waals surface area (Å²) in [5.41, 5.74) is 1.12. The topological polar surface area (TPSA) is 98.9 Å². The summed E-state index contributed by atoms with van der Waals surface area (Å²) < 4.78 is 10.4. The Kier molecular flexibility index (Phi) is 3.40. The fourth-order valence-electron chi connectivity index (χ4n) is 3.09. The molecule has 118 valence electrons. The van der Waals surface area contributed by atoms with Crippen LogP contribution >= 0.6 is 0 Å². The van der Waals surface area contributed by atoms with Gasteiger partial charge in [-0.3, -0.25) is 10.1 Å². The smallest absolute Gasteiger partial charge is 0.316 e. The first-order chi connectivity index (χ1) is 11.0. The van der Waals surface area contributed by atoms with Gasteiger partial charge in [0.25, 0.3) is 0 Å². The predicted octanol–water partition coefficient (Wildman–Crippen LogP) is 2.63. The number of benzene rings is 2. The van der Waals surface area contributed by atoms with Gasteiger partial charge in [0.15, 0.2) is 0 Å². The van der Waals surface area contributed by atoms with E-state index < -0.39 is 10.8 Å². The number of hydrogen-bond acceptors (Lipinski definition) is 6. The number of phenols is 1. The van der Waals surface area contributed by atoms with E-state index in [0.717, 1.165) is 0 Å². The van der Waals surface area contributed by atoms with Crippen LogP contribution < -0.4 is 9.47 Å². The minimum absolute atomic E-state index is 0.00439. The number of fused-ring (bicyclic) bond motifs is 3. The Bertz CT molecular complexity index is 830. The summed E-state index contributed by atoms with van der Waals surface area (Å²) in [5, 5.41) is 21.7. The number of aldehydes is 1. The molecular formula is C16H13NO6. The molecule has 0 radical (unpaired) electrons. The van der Waals surface area contributed by atoms with Gasteiger partial charge in [-0.15, -0.1) is 0 Å². The van der Waals surface area contributed by atoms with Gasteiger partial charge in [0, 0.05) is 17.2 Å². The lowest BCUT2D eigenvalue weighted by atomic mass is 9.96. The lowest BCUT2D eigenvalue weighted by molar-refractivity contribution is -0.386. The van der Waals surface area contributed by atoms with Gasteiger partial charge in [-0.2, -0.15) is 0 Å². The first kappa shape index (κ1) is 14.8. The molecule has 0 saturated heterocycles. The SMILES string of the molecule is COc1cc(OC)c([N+](=O)[O-])c2c1-c1c(O)cccc1C2C=O. The Morgan fingerprint density at radius 3 is 2.48 bits per heavy atom. The minimum atomic E-state index is -0.864. The molecule has 1 N–H and O–H groups in total. The van der Waals surface area contributed by atoms with Crippen molar-refractivity contribution < 1.29 is 24.3 Å². The zero-order chi connectivity index (χ0) is 16.7. The molecule has 0 bridgehead atoms. The molecule has 0 heterocycles. The third kappa shape index (κ3) is 1.93. The van der Waals surface area contributed by atoms with Gasteiger partial charge in [-0.05, 0) is 11.6 Å². The van der Waals surface area contributed by atoms with E-state index in [1.54, 1.807) is 12.1 Å². The molecule has 0 aromatic heterocycles. The molecule has 0 spiro atoms. The first-order valence-electron chi connectivity index (χ1n) is 6.75. The zero-order valence-electron chi connectivity index (χ0n) is 12.4. The number of nitrogens with zero attached hydrogens (tertiary/aromatic N) is 1. The van der Waals surface area contributed by atoms with Crippen LogP contribution in [0, 0.1) is 10.1 Å². The number of hydrogen-bond donors (Lipinski definition) is 1. The number of methoxy groups -OCH3 is 2. The number of nitro groups is 1. The molecule has 0 amide bonds. The lowest BCUT2D eigenvalue weighted by Gasteiger charge is -2.13. The number of aromatic hydroxyl groups is 1. The second-order valence-corrected chi connectivity index (χ2v) is 5.03. The highest BCUT2D eigenvalue weighted by Gasteiger charge is 2.41. The first-order valence-corrected chi connectivity index (χ1v) is 6.75. The Labute approximate surface area is 131 Å². The molecule has 2 aromatic rings. The number of carbonyl (C=O) groups excluding carboxylic acids is 1. The molecule has 3 rings (SSSR count). The molecule has 7 nitrogen and oxygen atoms in total. The van der Waals surface area contributed by atoms with Crippen LogP contribution in [-0.4, -0.2) is 30.5 Å². The molecule has 0 saturated carbocycles. The predicted molar refractivity (Wildman–Crippen MR) is 81.2 cm³/mol. The third-order valence-corrected chi connectivity index (χ3v) is 4.00. The molecular weight excluding hydrogens is 302 g/mol. The van der Waals surface area contributed by atoms with Crippen molar-refractivity contribution in [2.24, 2.45) is 0 Å². The van der Waals surface area contributed by atoms with E-state index in [1.807, 2.05) is 0 Å². The fourth-order valence-corrected chi connectivity index (χ4v) is 3.09. The average molecular weight is 315 g/mol. The number of ether oxygens (including phenoxy) is 2. The number of carbonyl (C=O) groups is 1. The molecule has 1 atom stereocenters. The van der Waals surface area contributed by atoms with Gasteiger partial charge in [0.05, 0.1) is 30.6 Å². The maximum Gasteiger partial charge on any atom is 0.316 e. The third-order valence-electron chi connectivity index (χ3n) is 4.00. The molecule has 1 aliphatic carbocycles. The Morgan fingerprint density at radius 1 is 1.22 bits per heavy atom. The number of nitro benzene ring substituents is 1. The molecule has 2 aromatic carbocycles. The van der Waals surface area contributed by atoms with Crippen molar-refractivity contribution in [3.63, 3.8) is 0 Å². The van der Waals surface area contributed by atoms with E-state index in [2.05, 4.69) is 0 Å². The quantitative estimate of drug-likeness (QED) is 0.529. The van der Waals surface area contributed by atoms with Crippen molar-refractivity contribution in [3.05, 3.63) is 45.5 Å². The molecule has 1 unspecified atom stereocenters. The van der Waals surface area contributed by atoms with E-state index in [9.17, 15) is 20.0 Å². The fraction of sp³-hybridized carbons (Fsp3) is 0.188. The lowest BCUT2D eigenvalue weighted by Crippen LogP contribution is -2.05. The standard InChI is InChI=1S/C16H13NO6/c1-22-11-6-12(23-2)16(17(20)21)14-9(7-18)8-4-3-5-10(19)13(8)15(11)14/h3-7,9,19H,1-2H3. The summed E-state index contributed by atoms with van der Waals surface area (Å²) in [7, 11) is 2.72. The summed E-state index contributed by atoms with van der Waals surface area (Å²) >= 11 is 0. The van der Waals surface area contributed by atoms with Crippen molar-refractivity contribution >= 4 is 12.0 Å². The van der Waals surface area contributed by atoms with Crippen molar-refractivity contribution in [2.45, 2.75) is 5.92 Å². The normalized spacial score (nSPS) is 14.8. The van der Waals surface area contributed by atoms with Gasteiger partial charge in [0.2, 0.25) is 5.75 Å². The van der Waals surface area contributed by atoms with E-state index in [0.29, 0.717) is 28.7 Å². The summed E-state index contributed by atoms with van der Waals surface area (Å²) in [5.74, 6) is -0.623. The molecule has 1 aliphatic rings. The molecule has 0 fully saturated rings. The zero-order valence-corrected chi connectivity index (χ0v) is 12.4. The van der Waals surface area contributed by atoms with E-state index in [1.165, 1.54) is 26.4 Å². The monoisotopic (exact) mass is 315 g/mol. The Hall–Kier alpha value is -3.09. The minimum Gasteiger partial charge on any atom is -0.507 e. The van der Waals surface area contributed by atoms with Crippen LogP contribution in [0.3, 0.4) is 0 Å². The van der Waals surface area contributed by atoms with Crippen LogP contribution in [0.4, 0.5) is 5.69 Å². The van der Waals surface area contributed by atoms with Gasteiger partial charge in [-0.1, -0.05) is 12.1 Å². The van der Waals surface area contributed by atoms with Crippen LogP contribution in [0.5, 0.6) is 17.2 Å². The summed E-state index contributed by atoms with van der Waals surface area (Å²) in [6.07, 6.45) is 0.621. The van der Waals surface area contributed by atoms with Gasteiger partial charge < -0.3 is 19.4 Å². The number of phenolic OH excluding ortho intramolecular Hbond substituents is 1. The molecule has 0 aliphatic heterocycles. The Balaban J connectivity index is 2.50. The van der Waals surface area contributed by atoms with Crippen molar-refractivity contribution in [3.8, 4) is 28.4 Å². The van der Waals surface area contributed by atoms with Gasteiger partial charge in [0.1, 0.15) is 17.8 Å². The van der Waals surface area contributed by atoms with Crippen LogP contribution in [-0.2, 0) is 4.79 Å². The summed E-state index contributed by atoms with van der Waals surface area (Å²) in [4.78, 5) is 22.6. The highest BCUT2D eigenvalue weighted by Crippen LogP contribution is 2.57. The van der Waals surface area contributed by atoms with E-state index in [-0.39, 0.29) is 22.7 Å². The van der Waals surface area contributed by atoms with Crippen LogP contribution in [0.15, 0.2) is 24.3 Å². The van der Waals surface area contributed by atoms with Gasteiger partial charge >= 0.3 is 5.69 Å². The molecule has 23 heavy (non-hydrogen) atoms. The maximum atomic E-state index is 11.6. The van der Waals surface area contributed by atoms with E-state index in [4.69, 9.17) is 9.47 Å². The molecule has 7 heteroatoms. The van der Waals surface area contributed by atoms with Crippen molar-refractivity contribution in [2.75, 3.05) is 14.2 Å². The largest absolute Gasteiger partial charge is 0.507 e. The summed E-state index contributed by atoms with van der Waals surface area (Å²) in [6, 6.07) is 6.10. The Morgan fingerprint density at radius 2 is 1.91 bits per heavy atom. The summed E-state index contributed by atoms with van der Waals surface area (Å²) in [6.45, 7) is 0. The second kappa shape index (κ2) is 5.28. The highest BCUT2D eigenvalue weighted by atomic mass is 16.6.